The number of aryl methyl sites for hydroxylation is 1. The van der Waals surface area contributed by atoms with Crippen molar-refractivity contribution in [1.29, 1.82) is 0 Å². The maximum atomic E-state index is 14.0. The number of aromatic nitrogens is 5. The van der Waals surface area contributed by atoms with Crippen LogP contribution in [0.5, 0.6) is 5.75 Å². The maximum absolute atomic E-state index is 14.0. The Morgan fingerprint density at radius 2 is 1.91 bits per heavy atom. The minimum absolute atomic E-state index is 0.0173. The average molecular weight is 510 g/mol. The molecular formula is C20H14F4N6O4S. The summed E-state index contributed by atoms with van der Waals surface area (Å²) in [5.41, 5.74) is -0.682. The van der Waals surface area contributed by atoms with Gasteiger partial charge in [-0.05, 0) is 18.2 Å². The molecule has 0 atom stereocenters. The van der Waals surface area contributed by atoms with Gasteiger partial charge in [0.1, 0.15) is 11.7 Å². The van der Waals surface area contributed by atoms with E-state index in [0.29, 0.717) is 0 Å². The van der Waals surface area contributed by atoms with Crippen LogP contribution in [0.25, 0.3) is 22.3 Å². The molecule has 182 valence electrons. The molecule has 0 bridgehead atoms. The summed E-state index contributed by atoms with van der Waals surface area (Å²) in [6.07, 6.45) is -4.24. The number of anilines is 1. The monoisotopic (exact) mass is 510 g/mol. The second-order valence-corrected chi connectivity index (χ2v) is 8.04. The molecule has 3 heterocycles. The zero-order valence-electron chi connectivity index (χ0n) is 17.9. The van der Waals surface area contributed by atoms with Crippen molar-refractivity contribution in [2.75, 3.05) is 5.32 Å². The summed E-state index contributed by atoms with van der Waals surface area (Å²) in [6, 6.07) is 2.84. The number of hydrogen-bond donors (Lipinski definition) is 1. The first-order valence-corrected chi connectivity index (χ1v) is 10.5. The van der Waals surface area contributed by atoms with E-state index in [-0.39, 0.29) is 39.5 Å². The fraction of sp³-hybridized carbons (Fsp3) is 0.200. The predicted molar refractivity (Wildman–Crippen MR) is 117 cm³/mol. The van der Waals surface area contributed by atoms with Crippen LogP contribution in [0.4, 0.5) is 22.7 Å². The van der Waals surface area contributed by atoms with Crippen molar-refractivity contribution in [3.8, 4) is 17.0 Å². The highest BCUT2D eigenvalue weighted by molar-refractivity contribution is 7.14. The summed E-state index contributed by atoms with van der Waals surface area (Å²) >= 11 is 0.996. The molecule has 0 saturated heterocycles. The van der Waals surface area contributed by atoms with Gasteiger partial charge in [0.25, 0.3) is 5.56 Å². The van der Waals surface area contributed by atoms with Crippen LogP contribution in [0.3, 0.4) is 0 Å². The number of rotatable bonds is 5. The van der Waals surface area contributed by atoms with Gasteiger partial charge in [-0.25, -0.2) is 24.1 Å². The van der Waals surface area contributed by atoms with E-state index < -0.39 is 35.1 Å². The Morgan fingerprint density at radius 1 is 1.17 bits per heavy atom. The summed E-state index contributed by atoms with van der Waals surface area (Å²) in [4.78, 5) is 49.4. The van der Waals surface area contributed by atoms with Gasteiger partial charge >= 0.3 is 12.1 Å². The number of nitrogens with one attached hydrogen (secondary N) is 1. The largest absolute Gasteiger partial charge is 0.573 e. The number of carbonyl (C=O) groups excluding carboxylic acids is 1. The summed E-state index contributed by atoms with van der Waals surface area (Å²) in [5, 5.41) is 4.14. The highest BCUT2D eigenvalue weighted by Gasteiger charge is 2.32. The molecule has 0 unspecified atom stereocenters. The summed E-state index contributed by atoms with van der Waals surface area (Å²) < 4.78 is 56.6. The van der Waals surface area contributed by atoms with Crippen LogP contribution >= 0.6 is 11.3 Å². The molecular weight excluding hydrogens is 496 g/mol. The van der Waals surface area contributed by atoms with Crippen molar-refractivity contribution in [3.05, 3.63) is 62.3 Å². The van der Waals surface area contributed by atoms with Crippen LogP contribution in [0.15, 0.2) is 39.5 Å². The van der Waals surface area contributed by atoms with Gasteiger partial charge in [0.05, 0.1) is 17.8 Å². The molecule has 0 fully saturated rings. The second-order valence-electron chi connectivity index (χ2n) is 7.18. The van der Waals surface area contributed by atoms with Crippen molar-refractivity contribution in [3.63, 3.8) is 0 Å². The van der Waals surface area contributed by atoms with Crippen LogP contribution in [0.1, 0.15) is 5.69 Å². The van der Waals surface area contributed by atoms with Gasteiger partial charge in [-0.1, -0.05) is 0 Å². The topological polar surface area (TPSA) is 121 Å². The molecule has 10 nitrogen and oxygen atoms in total. The van der Waals surface area contributed by atoms with Gasteiger partial charge < -0.3 is 10.1 Å². The van der Waals surface area contributed by atoms with Crippen LogP contribution in [-0.2, 0) is 25.3 Å². The number of nitrogens with zero attached hydrogens (tertiary/aromatic N) is 5. The Hall–Kier alpha value is -4.14. The van der Waals surface area contributed by atoms with E-state index in [2.05, 4.69) is 25.0 Å². The first-order chi connectivity index (χ1) is 16.4. The number of halogens is 4. The Bertz CT molecular complexity index is 1580. The number of benzene rings is 1. The summed E-state index contributed by atoms with van der Waals surface area (Å²) in [6.45, 7) is 0. The third kappa shape index (κ3) is 4.89. The third-order valence-corrected chi connectivity index (χ3v) is 5.61. The van der Waals surface area contributed by atoms with Crippen molar-refractivity contribution in [2.45, 2.75) is 12.8 Å². The summed E-state index contributed by atoms with van der Waals surface area (Å²) in [7, 11) is 2.73. The number of amides is 1. The maximum Gasteiger partial charge on any atom is 0.573 e. The smallest absolute Gasteiger partial charge is 0.403 e. The molecule has 0 aliphatic heterocycles. The first kappa shape index (κ1) is 24.0. The van der Waals surface area contributed by atoms with E-state index in [1.54, 1.807) is 0 Å². The molecule has 35 heavy (non-hydrogen) atoms. The average Bonchev–Trinajstić information content (AvgIpc) is 3.24. The number of thiazole rings is 1. The zero-order chi connectivity index (χ0) is 25.5. The van der Waals surface area contributed by atoms with Crippen LogP contribution in [0.2, 0.25) is 0 Å². The van der Waals surface area contributed by atoms with E-state index in [9.17, 15) is 31.9 Å². The number of carbonyl (C=O) groups is 1. The lowest BCUT2D eigenvalue weighted by atomic mass is 10.1. The lowest BCUT2D eigenvalue weighted by molar-refractivity contribution is -0.275. The van der Waals surface area contributed by atoms with Crippen molar-refractivity contribution in [1.82, 2.24) is 24.1 Å². The number of fused-ring (bicyclic) bond motifs is 1. The highest BCUT2D eigenvalue weighted by Crippen LogP contribution is 2.31. The molecule has 1 amide bonds. The van der Waals surface area contributed by atoms with Gasteiger partial charge in [0.15, 0.2) is 22.3 Å². The molecule has 1 N–H and O–H groups in total. The fourth-order valence-electron chi connectivity index (χ4n) is 3.24. The molecule has 0 aliphatic carbocycles. The zero-order valence-corrected chi connectivity index (χ0v) is 18.7. The van der Waals surface area contributed by atoms with Crippen molar-refractivity contribution in [2.24, 2.45) is 14.1 Å². The standard InChI is InChI=1S/C20H14F4N6O4S/c1-29-16-15(17(32)30(2)19(29)33)11(25-8-26-16)6-14(31)28-18-27-12(7-35-18)9-3-4-13(10(21)5-9)34-20(22,23)24/h3-5,7-8H,6H2,1-2H3,(H,27,28,31). The van der Waals surface area contributed by atoms with E-state index >= 15 is 0 Å². The normalized spacial score (nSPS) is 11.6. The fourth-order valence-corrected chi connectivity index (χ4v) is 3.97. The Balaban J connectivity index is 1.54. The molecule has 0 saturated carbocycles. The molecule has 4 rings (SSSR count). The highest BCUT2D eigenvalue weighted by atomic mass is 32.1. The molecule has 4 aromatic rings. The number of ether oxygens (including phenoxy) is 1. The van der Waals surface area contributed by atoms with E-state index in [1.807, 2.05) is 0 Å². The van der Waals surface area contributed by atoms with Crippen LogP contribution < -0.4 is 21.3 Å². The molecule has 1 aromatic carbocycles. The lowest BCUT2D eigenvalue weighted by Crippen LogP contribution is -2.38. The number of alkyl halides is 3. The van der Waals surface area contributed by atoms with Gasteiger partial charge in [-0.15, -0.1) is 24.5 Å². The van der Waals surface area contributed by atoms with Crippen molar-refractivity contribution < 1.29 is 27.1 Å². The van der Waals surface area contributed by atoms with Crippen molar-refractivity contribution >= 4 is 33.4 Å². The van der Waals surface area contributed by atoms with Crippen LogP contribution in [-0.4, -0.2) is 36.4 Å². The van der Waals surface area contributed by atoms with E-state index in [1.165, 1.54) is 25.5 Å². The molecule has 0 aliphatic rings. The molecule has 3 aromatic heterocycles. The van der Waals surface area contributed by atoms with Gasteiger partial charge in [-0.3, -0.25) is 18.7 Å². The van der Waals surface area contributed by atoms with E-state index in [4.69, 9.17) is 0 Å². The SMILES string of the molecule is Cn1c(=O)c2c(CC(=O)Nc3nc(-c4ccc(OC(F)(F)F)c(F)c4)cs3)ncnc2n(C)c1=O. The van der Waals surface area contributed by atoms with Crippen LogP contribution in [0, 0.1) is 5.82 Å². The molecule has 0 spiro atoms. The van der Waals surface area contributed by atoms with E-state index in [0.717, 1.165) is 38.9 Å². The molecule has 15 heteroatoms. The predicted octanol–water partition coefficient (Wildman–Crippen LogP) is 2.37. The van der Waals surface area contributed by atoms with Gasteiger partial charge in [0, 0.05) is 25.0 Å². The molecule has 0 radical (unpaired) electrons. The third-order valence-electron chi connectivity index (χ3n) is 4.85. The van der Waals surface area contributed by atoms with Gasteiger partial charge in [-0.2, -0.15) is 0 Å². The Kier molecular flexibility index (Phi) is 6.10. The second kappa shape index (κ2) is 8.90. The lowest BCUT2D eigenvalue weighted by Gasteiger charge is -2.10. The Morgan fingerprint density at radius 3 is 2.60 bits per heavy atom. The van der Waals surface area contributed by atoms with Gasteiger partial charge in [0.2, 0.25) is 5.91 Å². The number of hydrogen-bond acceptors (Lipinski definition) is 8. The minimum atomic E-state index is -5.03. The quantitative estimate of drug-likeness (QED) is 0.409. The Labute approximate surface area is 196 Å². The summed E-state index contributed by atoms with van der Waals surface area (Å²) in [5.74, 6) is -2.79. The minimum Gasteiger partial charge on any atom is -0.403 e. The first-order valence-electron chi connectivity index (χ1n) is 9.65.